The molecule has 0 saturated heterocycles. The van der Waals surface area contributed by atoms with Crippen molar-refractivity contribution >= 4 is 0 Å². The Kier molecular flexibility index (Phi) is 4.96. The molecule has 2 aliphatic carbocycles. The predicted molar refractivity (Wildman–Crippen MR) is 83.0 cm³/mol. The average molecular weight is 273 g/mol. The van der Waals surface area contributed by atoms with Crippen LogP contribution in [0, 0.1) is 11.8 Å². The summed E-state index contributed by atoms with van der Waals surface area (Å²) in [4.78, 5) is 0. The Morgan fingerprint density at radius 2 is 1.80 bits per heavy atom. The van der Waals surface area contributed by atoms with E-state index in [0.717, 1.165) is 30.2 Å². The van der Waals surface area contributed by atoms with Gasteiger partial charge in [0.15, 0.2) is 0 Å². The summed E-state index contributed by atoms with van der Waals surface area (Å²) in [6, 6.07) is 11.0. The van der Waals surface area contributed by atoms with E-state index < -0.39 is 0 Å². The van der Waals surface area contributed by atoms with Gasteiger partial charge in [0.05, 0.1) is 6.61 Å². The SMILES string of the molecule is c1ccc(OCCC(CNC2CC2)C2CCCC2)cc1. The summed E-state index contributed by atoms with van der Waals surface area (Å²) in [6.07, 6.45) is 9.70. The zero-order chi connectivity index (χ0) is 13.6. The molecule has 2 aliphatic rings. The van der Waals surface area contributed by atoms with Crippen LogP contribution in [0.15, 0.2) is 30.3 Å². The Bertz CT molecular complexity index is 382. The van der Waals surface area contributed by atoms with E-state index in [0.29, 0.717) is 0 Å². The number of rotatable bonds is 8. The van der Waals surface area contributed by atoms with Gasteiger partial charge in [-0.3, -0.25) is 0 Å². The molecule has 0 aromatic heterocycles. The van der Waals surface area contributed by atoms with Crippen molar-refractivity contribution in [3.63, 3.8) is 0 Å². The highest BCUT2D eigenvalue weighted by Crippen LogP contribution is 2.33. The molecule has 0 amide bonds. The van der Waals surface area contributed by atoms with Gasteiger partial charge in [-0.05, 0) is 49.8 Å². The van der Waals surface area contributed by atoms with Crippen molar-refractivity contribution in [3.8, 4) is 5.75 Å². The molecule has 0 radical (unpaired) electrons. The van der Waals surface area contributed by atoms with Crippen LogP contribution in [-0.2, 0) is 0 Å². The maximum Gasteiger partial charge on any atom is 0.119 e. The highest BCUT2D eigenvalue weighted by atomic mass is 16.5. The molecule has 2 heteroatoms. The van der Waals surface area contributed by atoms with Crippen LogP contribution in [-0.4, -0.2) is 19.2 Å². The minimum absolute atomic E-state index is 0.807. The van der Waals surface area contributed by atoms with Gasteiger partial charge in [0.2, 0.25) is 0 Å². The largest absolute Gasteiger partial charge is 0.494 e. The first-order valence-corrected chi connectivity index (χ1v) is 8.33. The van der Waals surface area contributed by atoms with E-state index in [1.54, 1.807) is 0 Å². The van der Waals surface area contributed by atoms with Gasteiger partial charge in [0.1, 0.15) is 5.75 Å². The number of hydrogen-bond acceptors (Lipinski definition) is 2. The van der Waals surface area contributed by atoms with Gasteiger partial charge in [0.25, 0.3) is 0 Å². The molecular formula is C18H27NO. The van der Waals surface area contributed by atoms with Gasteiger partial charge >= 0.3 is 0 Å². The van der Waals surface area contributed by atoms with Gasteiger partial charge < -0.3 is 10.1 Å². The topological polar surface area (TPSA) is 21.3 Å². The minimum atomic E-state index is 0.807. The van der Waals surface area contributed by atoms with Crippen LogP contribution in [0.3, 0.4) is 0 Å². The van der Waals surface area contributed by atoms with E-state index in [-0.39, 0.29) is 0 Å². The van der Waals surface area contributed by atoms with Crippen molar-refractivity contribution < 1.29 is 4.74 Å². The van der Waals surface area contributed by atoms with Crippen LogP contribution in [0.1, 0.15) is 44.9 Å². The third-order valence-corrected chi connectivity index (χ3v) is 4.81. The lowest BCUT2D eigenvalue weighted by atomic mass is 9.88. The smallest absolute Gasteiger partial charge is 0.119 e. The molecule has 110 valence electrons. The predicted octanol–water partition coefficient (Wildman–Crippen LogP) is 4.01. The summed E-state index contributed by atoms with van der Waals surface area (Å²) in [6.45, 7) is 2.06. The Labute approximate surface area is 122 Å². The van der Waals surface area contributed by atoms with Gasteiger partial charge in [-0.2, -0.15) is 0 Å². The van der Waals surface area contributed by atoms with Gasteiger partial charge in [-0.25, -0.2) is 0 Å². The Hall–Kier alpha value is -1.02. The summed E-state index contributed by atoms with van der Waals surface area (Å²) in [5.74, 6) is 2.75. The maximum atomic E-state index is 5.89. The molecule has 0 bridgehead atoms. The fourth-order valence-electron chi connectivity index (χ4n) is 3.38. The quantitative estimate of drug-likeness (QED) is 0.772. The lowest BCUT2D eigenvalue weighted by Crippen LogP contribution is -2.30. The minimum Gasteiger partial charge on any atom is -0.494 e. The van der Waals surface area contributed by atoms with E-state index in [9.17, 15) is 0 Å². The van der Waals surface area contributed by atoms with Crippen LogP contribution in [0.25, 0.3) is 0 Å². The Balaban J connectivity index is 1.44. The molecule has 2 saturated carbocycles. The molecule has 3 rings (SSSR count). The molecule has 1 atom stereocenters. The van der Waals surface area contributed by atoms with E-state index in [1.165, 1.54) is 51.5 Å². The normalized spacial score (nSPS) is 21.0. The Morgan fingerprint density at radius 1 is 1.05 bits per heavy atom. The van der Waals surface area contributed by atoms with Crippen molar-refractivity contribution in [2.24, 2.45) is 11.8 Å². The second-order valence-corrected chi connectivity index (χ2v) is 6.44. The third-order valence-electron chi connectivity index (χ3n) is 4.81. The first-order valence-electron chi connectivity index (χ1n) is 8.33. The molecule has 2 fully saturated rings. The first kappa shape index (κ1) is 13.9. The fraction of sp³-hybridized carbons (Fsp3) is 0.667. The van der Waals surface area contributed by atoms with Crippen LogP contribution in [0.5, 0.6) is 5.75 Å². The fourth-order valence-corrected chi connectivity index (χ4v) is 3.38. The molecule has 20 heavy (non-hydrogen) atoms. The molecule has 2 nitrogen and oxygen atoms in total. The van der Waals surface area contributed by atoms with E-state index in [1.807, 2.05) is 30.3 Å². The lowest BCUT2D eigenvalue weighted by Gasteiger charge is -2.24. The molecule has 1 unspecified atom stereocenters. The number of nitrogens with one attached hydrogen (secondary N) is 1. The van der Waals surface area contributed by atoms with Crippen molar-refractivity contribution in [1.82, 2.24) is 5.32 Å². The van der Waals surface area contributed by atoms with E-state index >= 15 is 0 Å². The van der Waals surface area contributed by atoms with E-state index in [2.05, 4.69) is 5.32 Å². The summed E-state index contributed by atoms with van der Waals surface area (Å²) >= 11 is 0. The maximum absolute atomic E-state index is 5.89. The van der Waals surface area contributed by atoms with Crippen LogP contribution < -0.4 is 10.1 Å². The molecule has 0 aliphatic heterocycles. The van der Waals surface area contributed by atoms with Crippen LogP contribution in [0.2, 0.25) is 0 Å². The molecule has 0 spiro atoms. The average Bonchev–Trinajstić information content (AvgIpc) is 3.16. The van der Waals surface area contributed by atoms with Gasteiger partial charge in [-0.15, -0.1) is 0 Å². The third kappa shape index (κ3) is 4.24. The molecule has 1 aromatic carbocycles. The highest BCUT2D eigenvalue weighted by molar-refractivity contribution is 5.20. The zero-order valence-electron chi connectivity index (χ0n) is 12.4. The number of ether oxygens (including phenoxy) is 1. The van der Waals surface area contributed by atoms with Crippen molar-refractivity contribution in [2.75, 3.05) is 13.2 Å². The van der Waals surface area contributed by atoms with E-state index in [4.69, 9.17) is 4.74 Å². The highest BCUT2D eigenvalue weighted by Gasteiger charge is 2.27. The first-order chi connectivity index (χ1) is 9.92. The lowest BCUT2D eigenvalue weighted by molar-refractivity contribution is 0.229. The summed E-state index contributed by atoms with van der Waals surface area (Å²) in [5.41, 5.74) is 0. The number of benzene rings is 1. The van der Waals surface area contributed by atoms with Gasteiger partial charge in [-0.1, -0.05) is 43.9 Å². The second-order valence-electron chi connectivity index (χ2n) is 6.44. The second kappa shape index (κ2) is 7.12. The van der Waals surface area contributed by atoms with Crippen LogP contribution >= 0.6 is 0 Å². The van der Waals surface area contributed by atoms with Gasteiger partial charge in [0, 0.05) is 6.04 Å². The van der Waals surface area contributed by atoms with Crippen molar-refractivity contribution in [1.29, 1.82) is 0 Å². The monoisotopic (exact) mass is 273 g/mol. The zero-order valence-corrected chi connectivity index (χ0v) is 12.4. The summed E-state index contributed by atoms with van der Waals surface area (Å²) < 4.78 is 5.89. The number of hydrogen-bond donors (Lipinski definition) is 1. The molecule has 0 heterocycles. The van der Waals surface area contributed by atoms with Crippen molar-refractivity contribution in [3.05, 3.63) is 30.3 Å². The summed E-state index contributed by atoms with van der Waals surface area (Å²) in [7, 11) is 0. The Morgan fingerprint density at radius 3 is 2.50 bits per heavy atom. The van der Waals surface area contributed by atoms with Crippen LogP contribution in [0.4, 0.5) is 0 Å². The summed E-state index contributed by atoms with van der Waals surface area (Å²) in [5, 5.41) is 3.73. The molecule has 1 aromatic rings. The number of para-hydroxylation sites is 1. The standard InChI is InChI=1S/C18H27NO/c1-2-8-18(9-3-1)20-13-12-16(14-19-17-10-11-17)15-6-4-5-7-15/h1-3,8-9,15-17,19H,4-7,10-14H2. The van der Waals surface area contributed by atoms with Crippen molar-refractivity contribution in [2.45, 2.75) is 51.0 Å². The molecule has 1 N–H and O–H groups in total. The molecular weight excluding hydrogens is 246 g/mol.